The Morgan fingerprint density at radius 3 is 2.31 bits per heavy atom. The van der Waals surface area contributed by atoms with Crippen LogP contribution >= 0.6 is 0 Å². The van der Waals surface area contributed by atoms with E-state index in [0.29, 0.717) is 0 Å². The molecule has 1 heteroatoms. The molecule has 4 atom stereocenters. The standard InChI is InChI=1S/C12H25N/c1-5-9(3)7-11(6-2)13-12-8-10(12)4/h9-13H,5-8H2,1-4H3. The minimum Gasteiger partial charge on any atom is -0.311 e. The average molecular weight is 183 g/mol. The normalized spacial score (nSPS) is 31.4. The second kappa shape index (κ2) is 4.99. The molecular formula is C12H25N. The van der Waals surface area contributed by atoms with Crippen LogP contribution in [-0.4, -0.2) is 12.1 Å². The Kier molecular flexibility index (Phi) is 4.24. The van der Waals surface area contributed by atoms with Gasteiger partial charge >= 0.3 is 0 Å². The largest absolute Gasteiger partial charge is 0.311 e. The summed E-state index contributed by atoms with van der Waals surface area (Å²) in [5.74, 6) is 1.82. The highest BCUT2D eigenvalue weighted by Crippen LogP contribution is 2.30. The first kappa shape index (κ1) is 11.0. The zero-order valence-corrected chi connectivity index (χ0v) is 9.64. The van der Waals surface area contributed by atoms with E-state index in [1.807, 2.05) is 0 Å². The first-order valence-corrected chi connectivity index (χ1v) is 5.93. The second-order valence-electron chi connectivity index (χ2n) is 4.84. The molecule has 0 bridgehead atoms. The Hall–Kier alpha value is -0.0400. The highest BCUT2D eigenvalue weighted by molar-refractivity contribution is 4.91. The summed E-state index contributed by atoms with van der Waals surface area (Å²) in [5, 5.41) is 3.76. The van der Waals surface area contributed by atoms with Crippen molar-refractivity contribution in [2.45, 2.75) is 65.5 Å². The molecule has 1 aliphatic carbocycles. The van der Waals surface area contributed by atoms with Gasteiger partial charge in [0.2, 0.25) is 0 Å². The van der Waals surface area contributed by atoms with Gasteiger partial charge in [-0.25, -0.2) is 0 Å². The monoisotopic (exact) mass is 183 g/mol. The van der Waals surface area contributed by atoms with Crippen molar-refractivity contribution >= 4 is 0 Å². The Labute approximate surface area is 83.3 Å². The smallest absolute Gasteiger partial charge is 0.00989 e. The van der Waals surface area contributed by atoms with Crippen LogP contribution in [0.1, 0.15) is 53.4 Å². The maximum atomic E-state index is 3.76. The molecule has 0 aromatic heterocycles. The quantitative estimate of drug-likeness (QED) is 0.667. The van der Waals surface area contributed by atoms with E-state index < -0.39 is 0 Å². The summed E-state index contributed by atoms with van der Waals surface area (Å²) in [7, 11) is 0. The molecule has 0 heterocycles. The summed E-state index contributed by atoms with van der Waals surface area (Å²) in [5.41, 5.74) is 0. The van der Waals surface area contributed by atoms with Gasteiger partial charge in [-0.3, -0.25) is 0 Å². The molecule has 0 amide bonds. The van der Waals surface area contributed by atoms with E-state index in [1.54, 1.807) is 0 Å². The minimum absolute atomic E-state index is 0.768. The molecule has 0 saturated heterocycles. The SMILES string of the molecule is CCC(C)CC(CC)NC1CC1C. The fourth-order valence-corrected chi connectivity index (χ4v) is 1.86. The van der Waals surface area contributed by atoms with Crippen molar-refractivity contribution in [1.29, 1.82) is 0 Å². The lowest BCUT2D eigenvalue weighted by atomic mass is 9.98. The van der Waals surface area contributed by atoms with Crippen LogP contribution in [-0.2, 0) is 0 Å². The molecule has 0 aliphatic heterocycles. The van der Waals surface area contributed by atoms with Gasteiger partial charge in [-0.1, -0.05) is 34.1 Å². The van der Waals surface area contributed by atoms with Crippen molar-refractivity contribution in [1.82, 2.24) is 5.32 Å². The number of nitrogens with one attached hydrogen (secondary N) is 1. The molecule has 1 saturated carbocycles. The maximum absolute atomic E-state index is 3.76. The average Bonchev–Trinajstić information content (AvgIpc) is 2.80. The number of hydrogen-bond acceptors (Lipinski definition) is 1. The van der Waals surface area contributed by atoms with Gasteiger partial charge in [0.05, 0.1) is 0 Å². The third kappa shape index (κ3) is 3.68. The molecule has 78 valence electrons. The van der Waals surface area contributed by atoms with Crippen LogP contribution in [0.2, 0.25) is 0 Å². The van der Waals surface area contributed by atoms with E-state index in [2.05, 4.69) is 33.0 Å². The Morgan fingerprint density at radius 1 is 1.31 bits per heavy atom. The van der Waals surface area contributed by atoms with Gasteiger partial charge < -0.3 is 5.32 Å². The predicted octanol–water partition coefficient (Wildman–Crippen LogP) is 3.20. The van der Waals surface area contributed by atoms with Crippen LogP contribution in [0.4, 0.5) is 0 Å². The Balaban J connectivity index is 2.18. The summed E-state index contributed by atoms with van der Waals surface area (Å²) in [6.45, 7) is 9.29. The van der Waals surface area contributed by atoms with Gasteiger partial charge in [-0.15, -0.1) is 0 Å². The van der Waals surface area contributed by atoms with Crippen LogP contribution in [0.3, 0.4) is 0 Å². The zero-order chi connectivity index (χ0) is 9.84. The van der Waals surface area contributed by atoms with Crippen molar-refractivity contribution in [2.75, 3.05) is 0 Å². The highest BCUT2D eigenvalue weighted by Gasteiger charge is 2.33. The lowest BCUT2D eigenvalue weighted by Crippen LogP contribution is -2.32. The van der Waals surface area contributed by atoms with Gasteiger partial charge in [0.1, 0.15) is 0 Å². The van der Waals surface area contributed by atoms with Crippen molar-refractivity contribution in [3.63, 3.8) is 0 Å². The summed E-state index contributed by atoms with van der Waals surface area (Å²) >= 11 is 0. The molecule has 1 N–H and O–H groups in total. The van der Waals surface area contributed by atoms with Gasteiger partial charge in [0, 0.05) is 12.1 Å². The van der Waals surface area contributed by atoms with Crippen molar-refractivity contribution in [2.24, 2.45) is 11.8 Å². The summed E-state index contributed by atoms with van der Waals surface area (Å²) in [6, 6.07) is 1.61. The Morgan fingerprint density at radius 2 is 1.92 bits per heavy atom. The molecule has 1 nitrogen and oxygen atoms in total. The molecular weight excluding hydrogens is 158 g/mol. The van der Waals surface area contributed by atoms with E-state index in [1.165, 1.54) is 25.7 Å². The molecule has 0 spiro atoms. The fourth-order valence-electron chi connectivity index (χ4n) is 1.86. The van der Waals surface area contributed by atoms with Crippen molar-refractivity contribution < 1.29 is 0 Å². The lowest BCUT2D eigenvalue weighted by Gasteiger charge is -2.20. The van der Waals surface area contributed by atoms with Crippen molar-refractivity contribution in [3.8, 4) is 0 Å². The molecule has 1 rings (SSSR count). The molecule has 4 unspecified atom stereocenters. The first-order chi connectivity index (χ1) is 6.17. The van der Waals surface area contributed by atoms with Crippen LogP contribution in [0.25, 0.3) is 0 Å². The van der Waals surface area contributed by atoms with E-state index in [0.717, 1.165) is 23.9 Å². The molecule has 0 aromatic carbocycles. The second-order valence-corrected chi connectivity index (χ2v) is 4.84. The van der Waals surface area contributed by atoms with Gasteiger partial charge in [0.25, 0.3) is 0 Å². The summed E-state index contributed by atoms with van der Waals surface area (Å²) in [6.07, 6.45) is 5.36. The third-order valence-electron chi connectivity index (χ3n) is 3.44. The van der Waals surface area contributed by atoms with E-state index in [9.17, 15) is 0 Å². The lowest BCUT2D eigenvalue weighted by molar-refractivity contribution is 0.379. The molecule has 1 fully saturated rings. The first-order valence-electron chi connectivity index (χ1n) is 5.93. The maximum Gasteiger partial charge on any atom is 0.00989 e. The summed E-state index contributed by atoms with van der Waals surface area (Å²) in [4.78, 5) is 0. The Bertz CT molecular complexity index is 138. The van der Waals surface area contributed by atoms with Crippen LogP contribution in [0.5, 0.6) is 0 Å². The molecule has 1 aliphatic rings. The highest BCUT2D eigenvalue weighted by atomic mass is 15.0. The van der Waals surface area contributed by atoms with Gasteiger partial charge in [-0.2, -0.15) is 0 Å². The zero-order valence-electron chi connectivity index (χ0n) is 9.64. The van der Waals surface area contributed by atoms with E-state index in [-0.39, 0.29) is 0 Å². The topological polar surface area (TPSA) is 12.0 Å². The number of rotatable bonds is 6. The minimum atomic E-state index is 0.768. The third-order valence-corrected chi connectivity index (χ3v) is 3.44. The van der Waals surface area contributed by atoms with Gasteiger partial charge in [0.15, 0.2) is 0 Å². The molecule has 0 radical (unpaired) electrons. The van der Waals surface area contributed by atoms with Gasteiger partial charge in [-0.05, 0) is 31.1 Å². The summed E-state index contributed by atoms with van der Waals surface area (Å²) < 4.78 is 0. The van der Waals surface area contributed by atoms with E-state index >= 15 is 0 Å². The molecule has 0 aromatic rings. The molecule has 13 heavy (non-hydrogen) atoms. The van der Waals surface area contributed by atoms with Crippen LogP contribution in [0.15, 0.2) is 0 Å². The van der Waals surface area contributed by atoms with Crippen molar-refractivity contribution in [3.05, 3.63) is 0 Å². The number of hydrogen-bond donors (Lipinski definition) is 1. The van der Waals surface area contributed by atoms with Crippen LogP contribution in [0, 0.1) is 11.8 Å². The van der Waals surface area contributed by atoms with Crippen LogP contribution < -0.4 is 5.32 Å². The van der Waals surface area contributed by atoms with E-state index in [4.69, 9.17) is 0 Å². The fraction of sp³-hybridized carbons (Fsp3) is 1.00. The predicted molar refractivity (Wildman–Crippen MR) is 58.9 cm³/mol.